The summed E-state index contributed by atoms with van der Waals surface area (Å²) in [5.74, 6) is 0. The summed E-state index contributed by atoms with van der Waals surface area (Å²) in [5.41, 5.74) is 1.88. The van der Waals surface area contributed by atoms with E-state index in [1.807, 2.05) is 32.0 Å². The van der Waals surface area contributed by atoms with Gasteiger partial charge >= 0.3 is 0 Å². The third-order valence-corrected chi connectivity index (χ3v) is 2.43. The molecule has 2 nitrogen and oxygen atoms in total. The van der Waals surface area contributed by atoms with Crippen LogP contribution >= 0.6 is 11.6 Å². The first-order valence-corrected chi connectivity index (χ1v) is 5.32. The van der Waals surface area contributed by atoms with Crippen molar-refractivity contribution < 1.29 is 9.15 Å². The first-order valence-electron chi connectivity index (χ1n) is 4.94. The van der Waals surface area contributed by atoms with Crippen LogP contribution in [0.2, 0.25) is 5.02 Å². The normalized spacial score (nSPS) is 11.5. The van der Waals surface area contributed by atoms with E-state index in [0.717, 1.165) is 16.5 Å². The summed E-state index contributed by atoms with van der Waals surface area (Å²) < 4.78 is 10.9. The molecule has 0 aliphatic rings. The van der Waals surface area contributed by atoms with Gasteiger partial charge in [0.05, 0.1) is 19.0 Å². The lowest BCUT2D eigenvalue weighted by molar-refractivity contribution is 0.0660. The molecule has 3 heteroatoms. The van der Waals surface area contributed by atoms with Crippen LogP contribution in [-0.2, 0) is 11.3 Å². The molecular formula is C12H13ClO2. The standard InChI is InChI=1S/C12H13ClO2/c1-8(2)14-6-9-7-15-12-5-10(13)3-4-11(9)12/h3-5,7-8H,6H2,1-2H3. The van der Waals surface area contributed by atoms with Crippen molar-refractivity contribution in [1.29, 1.82) is 0 Å². The number of hydrogen-bond acceptors (Lipinski definition) is 2. The molecule has 0 radical (unpaired) electrons. The van der Waals surface area contributed by atoms with Gasteiger partial charge in [-0.25, -0.2) is 0 Å². The Morgan fingerprint density at radius 3 is 2.93 bits per heavy atom. The average Bonchev–Trinajstić information content (AvgIpc) is 2.57. The summed E-state index contributed by atoms with van der Waals surface area (Å²) in [6.45, 7) is 4.60. The lowest BCUT2D eigenvalue weighted by Crippen LogP contribution is -2.01. The minimum Gasteiger partial charge on any atom is -0.464 e. The number of fused-ring (bicyclic) bond motifs is 1. The Morgan fingerprint density at radius 2 is 2.20 bits per heavy atom. The Bertz CT molecular complexity index is 460. The number of ether oxygens (including phenoxy) is 1. The quantitative estimate of drug-likeness (QED) is 0.786. The van der Waals surface area contributed by atoms with Gasteiger partial charge in [-0.05, 0) is 32.0 Å². The van der Waals surface area contributed by atoms with E-state index in [1.54, 1.807) is 6.26 Å². The second-order valence-corrected chi connectivity index (χ2v) is 4.20. The molecule has 0 fully saturated rings. The van der Waals surface area contributed by atoms with E-state index in [-0.39, 0.29) is 6.10 Å². The molecule has 0 unspecified atom stereocenters. The number of hydrogen-bond donors (Lipinski definition) is 0. The molecule has 2 aromatic rings. The van der Waals surface area contributed by atoms with Crippen molar-refractivity contribution in [1.82, 2.24) is 0 Å². The van der Waals surface area contributed by atoms with Crippen molar-refractivity contribution in [3.8, 4) is 0 Å². The van der Waals surface area contributed by atoms with Gasteiger partial charge in [-0.1, -0.05) is 11.6 Å². The first kappa shape index (κ1) is 10.5. The zero-order valence-electron chi connectivity index (χ0n) is 8.79. The third kappa shape index (κ3) is 2.33. The summed E-state index contributed by atoms with van der Waals surface area (Å²) in [6, 6.07) is 5.63. The molecule has 0 aliphatic heterocycles. The minimum atomic E-state index is 0.224. The van der Waals surface area contributed by atoms with E-state index in [0.29, 0.717) is 11.6 Å². The lowest BCUT2D eigenvalue weighted by Gasteiger charge is -2.05. The van der Waals surface area contributed by atoms with Crippen LogP contribution < -0.4 is 0 Å². The SMILES string of the molecule is CC(C)OCc1coc2cc(Cl)ccc12. The van der Waals surface area contributed by atoms with Crippen LogP contribution in [0.15, 0.2) is 28.9 Å². The monoisotopic (exact) mass is 224 g/mol. The summed E-state index contributed by atoms with van der Waals surface area (Å²) in [5, 5.41) is 1.76. The molecule has 1 aromatic heterocycles. The van der Waals surface area contributed by atoms with Gasteiger partial charge in [-0.2, -0.15) is 0 Å². The fourth-order valence-electron chi connectivity index (χ4n) is 1.43. The molecule has 0 N–H and O–H groups in total. The number of benzene rings is 1. The Kier molecular flexibility index (Phi) is 2.98. The Hall–Kier alpha value is -0.990. The summed E-state index contributed by atoms with van der Waals surface area (Å²) in [7, 11) is 0. The molecule has 0 saturated heterocycles. The molecule has 0 spiro atoms. The van der Waals surface area contributed by atoms with Crippen LogP contribution in [0, 0.1) is 0 Å². The predicted molar refractivity (Wildman–Crippen MR) is 61.1 cm³/mol. The second-order valence-electron chi connectivity index (χ2n) is 3.76. The lowest BCUT2D eigenvalue weighted by atomic mass is 10.2. The fourth-order valence-corrected chi connectivity index (χ4v) is 1.59. The molecule has 2 rings (SSSR count). The molecule has 1 aromatic carbocycles. The van der Waals surface area contributed by atoms with E-state index in [2.05, 4.69) is 0 Å². The van der Waals surface area contributed by atoms with Gasteiger partial charge in [0.2, 0.25) is 0 Å². The highest BCUT2D eigenvalue weighted by atomic mass is 35.5. The highest BCUT2D eigenvalue weighted by Crippen LogP contribution is 2.25. The van der Waals surface area contributed by atoms with E-state index in [9.17, 15) is 0 Å². The van der Waals surface area contributed by atoms with Gasteiger partial charge in [-0.15, -0.1) is 0 Å². The van der Waals surface area contributed by atoms with Gasteiger partial charge in [0.15, 0.2) is 0 Å². The first-order chi connectivity index (χ1) is 7.16. The Balaban J connectivity index is 2.29. The number of halogens is 1. The van der Waals surface area contributed by atoms with Crippen LogP contribution in [0.3, 0.4) is 0 Å². The largest absolute Gasteiger partial charge is 0.464 e. The molecule has 1 heterocycles. The predicted octanol–water partition coefficient (Wildman–Crippen LogP) is 4.01. The summed E-state index contributed by atoms with van der Waals surface area (Å²) in [4.78, 5) is 0. The van der Waals surface area contributed by atoms with Gasteiger partial charge in [-0.3, -0.25) is 0 Å². The Morgan fingerprint density at radius 1 is 1.40 bits per heavy atom. The smallest absolute Gasteiger partial charge is 0.135 e. The second kappa shape index (κ2) is 4.25. The minimum absolute atomic E-state index is 0.224. The van der Waals surface area contributed by atoms with E-state index < -0.39 is 0 Å². The fraction of sp³-hybridized carbons (Fsp3) is 0.333. The van der Waals surface area contributed by atoms with E-state index in [4.69, 9.17) is 20.8 Å². The Labute approximate surface area is 93.8 Å². The molecule has 0 amide bonds. The maximum absolute atomic E-state index is 5.86. The zero-order valence-corrected chi connectivity index (χ0v) is 9.54. The van der Waals surface area contributed by atoms with Gasteiger partial charge in [0.1, 0.15) is 5.58 Å². The summed E-state index contributed by atoms with van der Waals surface area (Å²) >= 11 is 5.86. The molecular weight excluding hydrogens is 212 g/mol. The highest BCUT2D eigenvalue weighted by Gasteiger charge is 2.06. The van der Waals surface area contributed by atoms with Crippen molar-refractivity contribution in [3.05, 3.63) is 35.0 Å². The van der Waals surface area contributed by atoms with Crippen molar-refractivity contribution in [3.63, 3.8) is 0 Å². The molecule has 0 atom stereocenters. The van der Waals surface area contributed by atoms with Crippen molar-refractivity contribution in [2.24, 2.45) is 0 Å². The molecule has 0 aliphatic carbocycles. The van der Waals surface area contributed by atoms with E-state index >= 15 is 0 Å². The molecule has 0 bridgehead atoms. The van der Waals surface area contributed by atoms with Crippen LogP contribution in [0.1, 0.15) is 19.4 Å². The van der Waals surface area contributed by atoms with Crippen LogP contribution in [-0.4, -0.2) is 6.10 Å². The van der Waals surface area contributed by atoms with E-state index in [1.165, 1.54) is 0 Å². The topological polar surface area (TPSA) is 22.4 Å². The van der Waals surface area contributed by atoms with Crippen LogP contribution in [0.5, 0.6) is 0 Å². The average molecular weight is 225 g/mol. The van der Waals surface area contributed by atoms with Crippen molar-refractivity contribution >= 4 is 22.6 Å². The van der Waals surface area contributed by atoms with Crippen molar-refractivity contribution in [2.45, 2.75) is 26.6 Å². The zero-order chi connectivity index (χ0) is 10.8. The van der Waals surface area contributed by atoms with Crippen LogP contribution in [0.25, 0.3) is 11.0 Å². The third-order valence-electron chi connectivity index (χ3n) is 2.19. The van der Waals surface area contributed by atoms with Gasteiger partial charge < -0.3 is 9.15 Å². The summed E-state index contributed by atoms with van der Waals surface area (Å²) in [6.07, 6.45) is 1.95. The van der Waals surface area contributed by atoms with Crippen LogP contribution in [0.4, 0.5) is 0 Å². The number of furan rings is 1. The highest BCUT2D eigenvalue weighted by molar-refractivity contribution is 6.31. The van der Waals surface area contributed by atoms with Crippen molar-refractivity contribution in [2.75, 3.05) is 0 Å². The number of rotatable bonds is 3. The van der Waals surface area contributed by atoms with Gasteiger partial charge in [0.25, 0.3) is 0 Å². The van der Waals surface area contributed by atoms with Gasteiger partial charge in [0, 0.05) is 16.0 Å². The molecule has 0 saturated carbocycles. The maximum Gasteiger partial charge on any atom is 0.135 e. The molecule has 80 valence electrons. The maximum atomic E-state index is 5.86. The molecule has 15 heavy (non-hydrogen) atoms.